The molecular formula is C29H39NO10. The summed E-state index contributed by atoms with van der Waals surface area (Å²) in [7, 11) is 0. The van der Waals surface area contributed by atoms with Crippen LogP contribution in [0.4, 0.5) is 5.69 Å². The smallest absolute Gasteiger partial charge is 0.226 e. The highest BCUT2D eigenvalue weighted by atomic mass is 16.6. The summed E-state index contributed by atoms with van der Waals surface area (Å²) in [6.45, 7) is 2.92. The number of aliphatic hydroxyl groups excluding tert-OH is 5. The Morgan fingerprint density at radius 3 is 2.33 bits per heavy atom. The molecule has 0 radical (unpaired) electrons. The first-order chi connectivity index (χ1) is 19.2. The molecule has 2 aromatic rings. The van der Waals surface area contributed by atoms with E-state index in [0.717, 1.165) is 0 Å². The maximum atomic E-state index is 11.9. The fourth-order valence-corrected chi connectivity index (χ4v) is 4.79. The minimum atomic E-state index is -1.20. The van der Waals surface area contributed by atoms with Gasteiger partial charge in [-0.1, -0.05) is 26.0 Å². The number of rotatable bonds is 10. The number of ether oxygens (including phenoxy) is 4. The molecule has 6 N–H and O–H groups in total. The van der Waals surface area contributed by atoms with Gasteiger partial charge in [-0.15, -0.1) is 0 Å². The van der Waals surface area contributed by atoms with Gasteiger partial charge in [-0.3, -0.25) is 4.79 Å². The summed E-state index contributed by atoms with van der Waals surface area (Å²) in [5.41, 5.74) is 1.27. The van der Waals surface area contributed by atoms with Crippen LogP contribution in [-0.4, -0.2) is 94.0 Å². The summed E-state index contributed by atoms with van der Waals surface area (Å²) in [5.74, 6) is 0.836. The van der Waals surface area contributed by atoms with Gasteiger partial charge in [0.2, 0.25) is 5.91 Å². The molecule has 8 unspecified atom stereocenters. The normalized spacial score (nSPS) is 30.7. The van der Waals surface area contributed by atoms with Crippen LogP contribution in [0.1, 0.15) is 38.4 Å². The van der Waals surface area contributed by atoms with Crippen molar-refractivity contribution in [3.63, 3.8) is 0 Å². The molecule has 1 amide bonds. The molecule has 4 rings (SSSR count). The third kappa shape index (κ3) is 7.56. The van der Waals surface area contributed by atoms with Crippen molar-refractivity contribution >= 4 is 11.6 Å². The van der Waals surface area contributed by atoms with Crippen LogP contribution in [0, 0.1) is 5.92 Å². The lowest BCUT2D eigenvalue weighted by atomic mass is 9.92. The molecule has 0 spiro atoms. The van der Waals surface area contributed by atoms with Crippen LogP contribution in [0.3, 0.4) is 0 Å². The van der Waals surface area contributed by atoms with Crippen LogP contribution in [0.15, 0.2) is 48.5 Å². The van der Waals surface area contributed by atoms with Crippen molar-refractivity contribution in [1.29, 1.82) is 0 Å². The topological polar surface area (TPSA) is 167 Å². The number of carbonyl (C=O) groups excluding carboxylic acids is 1. The van der Waals surface area contributed by atoms with E-state index in [4.69, 9.17) is 18.9 Å². The van der Waals surface area contributed by atoms with Crippen LogP contribution >= 0.6 is 0 Å². The van der Waals surface area contributed by atoms with Crippen LogP contribution in [0.5, 0.6) is 11.5 Å². The summed E-state index contributed by atoms with van der Waals surface area (Å²) < 4.78 is 23.5. The molecule has 2 saturated heterocycles. The van der Waals surface area contributed by atoms with E-state index in [9.17, 15) is 30.3 Å². The van der Waals surface area contributed by atoms with Crippen LogP contribution in [0.2, 0.25) is 0 Å². The van der Waals surface area contributed by atoms with Gasteiger partial charge in [-0.05, 0) is 42.0 Å². The first-order valence-electron chi connectivity index (χ1n) is 13.6. The Labute approximate surface area is 233 Å². The number of carbonyl (C=O) groups is 1. The van der Waals surface area contributed by atoms with Gasteiger partial charge in [0, 0.05) is 24.4 Å². The molecule has 0 aliphatic carbocycles. The maximum absolute atomic E-state index is 11.9. The van der Waals surface area contributed by atoms with Crippen molar-refractivity contribution < 1.29 is 49.3 Å². The second kappa shape index (κ2) is 13.8. The fourth-order valence-electron chi connectivity index (χ4n) is 4.79. The number of aliphatic hydroxyl groups is 5. The Hall–Kier alpha value is -2.61. The van der Waals surface area contributed by atoms with Gasteiger partial charge in [0.25, 0.3) is 0 Å². The van der Waals surface area contributed by atoms with Crippen molar-refractivity contribution in [3.05, 3.63) is 54.1 Å². The van der Waals surface area contributed by atoms with E-state index in [1.165, 1.54) is 0 Å². The largest absolute Gasteiger partial charge is 0.457 e. The highest BCUT2D eigenvalue weighted by Gasteiger charge is 2.41. The number of nitrogens with one attached hydrogen (secondary N) is 1. The van der Waals surface area contributed by atoms with Crippen LogP contribution in [0.25, 0.3) is 0 Å². The Kier molecular flexibility index (Phi) is 10.5. The van der Waals surface area contributed by atoms with Crippen molar-refractivity contribution in [3.8, 4) is 11.5 Å². The first-order valence-corrected chi connectivity index (χ1v) is 13.6. The van der Waals surface area contributed by atoms with Gasteiger partial charge in [-0.2, -0.15) is 0 Å². The Morgan fingerprint density at radius 2 is 1.65 bits per heavy atom. The second-order valence-corrected chi connectivity index (χ2v) is 10.6. The SMILES string of the molecule is CC(C)C(=O)Nc1ccc(Oc2cccc(C3OC(CO)CC(OCC4OC(CO)CC(O)C4O)C3O)c2)cc1. The van der Waals surface area contributed by atoms with Crippen molar-refractivity contribution in [2.45, 2.75) is 75.5 Å². The van der Waals surface area contributed by atoms with Crippen molar-refractivity contribution in [1.82, 2.24) is 0 Å². The molecule has 2 aromatic carbocycles. The molecule has 2 aliphatic rings. The van der Waals surface area contributed by atoms with Crippen LogP contribution in [-0.2, 0) is 19.0 Å². The average molecular weight is 562 g/mol. The molecule has 2 fully saturated rings. The molecule has 0 bridgehead atoms. The lowest BCUT2D eigenvalue weighted by Gasteiger charge is -2.41. The monoisotopic (exact) mass is 561 g/mol. The molecule has 2 heterocycles. The molecule has 0 aromatic heterocycles. The standard InChI is InChI=1S/C29H39NO10/c1-16(2)29(36)30-18-6-8-19(9-7-18)38-20-5-3-4-17(10-20)28-27(35)24(12-22(14-32)40-28)37-15-25-26(34)23(33)11-21(13-31)39-25/h3-10,16,21-28,31-35H,11-15H2,1-2H3,(H,30,36). The molecular weight excluding hydrogens is 522 g/mol. The first kappa shape index (κ1) is 30.4. The summed E-state index contributed by atoms with van der Waals surface area (Å²) in [6, 6.07) is 14.0. The molecule has 11 heteroatoms. The number of hydrogen-bond donors (Lipinski definition) is 6. The minimum absolute atomic E-state index is 0.0785. The van der Waals surface area contributed by atoms with Crippen molar-refractivity contribution in [2.24, 2.45) is 5.92 Å². The zero-order chi connectivity index (χ0) is 28.8. The second-order valence-electron chi connectivity index (χ2n) is 10.6. The summed E-state index contributed by atoms with van der Waals surface area (Å²) >= 11 is 0. The zero-order valence-corrected chi connectivity index (χ0v) is 22.6. The lowest BCUT2D eigenvalue weighted by Crippen LogP contribution is -2.53. The van der Waals surface area contributed by atoms with E-state index < -0.39 is 48.8 Å². The van der Waals surface area contributed by atoms with E-state index >= 15 is 0 Å². The highest BCUT2D eigenvalue weighted by molar-refractivity contribution is 5.92. The van der Waals surface area contributed by atoms with Crippen molar-refractivity contribution in [2.75, 3.05) is 25.1 Å². The van der Waals surface area contributed by atoms with Gasteiger partial charge in [0.05, 0.1) is 44.2 Å². The number of benzene rings is 2. The predicted molar refractivity (Wildman–Crippen MR) is 144 cm³/mol. The van der Waals surface area contributed by atoms with E-state index in [1.54, 1.807) is 48.5 Å². The number of hydrogen-bond acceptors (Lipinski definition) is 10. The molecule has 11 nitrogen and oxygen atoms in total. The summed E-state index contributed by atoms with van der Waals surface area (Å²) in [6.07, 6.45) is -6.75. The van der Waals surface area contributed by atoms with E-state index in [-0.39, 0.29) is 44.5 Å². The third-order valence-electron chi connectivity index (χ3n) is 7.12. The Balaban J connectivity index is 1.42. The molecule has 2 aliphatic heterocycles. The van der Waals surface area contributed by atoms with Gasteiger partial charge in [-0.25, -0.2) is 0 Å². The summed E-state index contributed by atoms with van der Waals surface area (Å²) in [5, 5.41) is 53.6. The number of anilines is 1. The molecule has 0 saturated carbocycles. The molecule has 8 atom stereocenters. The predicted octanol–water partition coefficient (Wildman–Crippen LogP) is 1.51. The third-order valence-corrected chi connectivity index (χ3v) is 7.12. The zero-order valence-electron chi connectivity index (χ0n) is 22.6. The van der Waals surface area contributed by atoms with Gasteiger partial charge < -0.3 is 49.8 Å². The molecule has 220 valence electrons. The molecule has 40 heavy (non-hydrogen) atoms. The van der Waals surface area contributed by atoms with E-state index in [1.807, 2.05) is 13.8 Å². The minimum Gasteiger partial charge on any atom is -0.457 e. The highest BCUT2D eigenvalue weighted by Crippen LogP contribution is 2.36. The Bertz CT molecular complexity index is 1100. The lowest BCUT2D eigenvalue weighted by molar-refractivity contribution is -0.226. The Morgan fingerprint density at radius 1 is 0.950 bits per heavy atom. The maximum Gasteiger partial charge on any atom is 0.226 e. The summed E-state index contributed by atoms with van der Waals surface area (Å²) in [4.78, 5) is 11.9. The van der Waals surface area contributed by atoms with Crippen LogP contribution < -0.4 is 10.1 Å². The van der Waals surface area contributed by atoms with Gasteiger partial charge >= 0.3 is 0 Å². The van der Waals surface area contributed by atoms with Gasteiger partial charge in [0.1, 0.15) is 35.9 Å². The van der Waals surface area contributed by atoms with Gasteiger partial charge in [0.15, 0.2) is 0 Å². The quantitative estimate of drug-likeness (QED) is 0.250. The van der Waals surface area contributed by atoms with E-state index in [0.29, 0.717) is 22.7 Å². The van der Waals surface area contributed by atoms with E-state index in [2.05, 4.69) is 5.32 Å². The number of amides is 1. The fraction of sp³-hybridized carbons (Fsp3) is 0.552. The average Bonchev–Trinajstić information content (AvgIpc) is 2.95.